The second kappa shape index (κ2) is 2.91. The second-order valence-corrected chi connectivity index (χ2v) is 3.49. The maximum absolute atomic E-state index is 4.89. The summed E-state index contributed by atoms with van der Waals surface area (Å²) in [5.74, 6) is 0. The Morgan fingerprint density at radius 3 is 2.64 bits per heavy atom. The molecule has 2 nitrogen and oxygen atoms in total. The van der Waals surface area contributed by atoms with Gasteiger partial charge in [0.1, 0.15) is 0 Å². The summed E-state index contributed by atoms with van der Waals surface area (Å²) >= 11 is 0. The van der Waals surface area contributed by atoms with Crippen LogP contribution in [0.3, 0.4) is 0 Å². The first kappa shape index (κ1) is 8.05. The summed E-state index contributed by atoms with van der Waals surface area (Å²) in [4.78, 5) is 4.31. The molecule has 0 aliphatic heterocycles. The van der Waals surface area contributed by atoms with E-state index in [1.54, 1.807) is 12.5 Å². The van der Waals surface area contributed by atoms with Gasteiger partial charge < -0.3 is 4.42 Å². The van der Waals surface area contributed by atoms with Crippen molar-refractivity contribution < 1.29 is 4.42 Å². The SMILES string of the molecule is CC(C)(C)N=Cc1ccoc1. The molecule has 0 radical (unpaired) electrons. The molecule has 2 heteroatoms. The van der Waals surface area contributed by atoms with Crippen LogP contribution in [-0.4, -0.2) is 11.8 Å². The lowest BCUT2D eigenvalue weighted by molar-refractivity contribution is 0.566. The van der Waals surface area contributed by atoms with Crippen LogP contribution in [0.1, 0.15) is 26.3 Å². The minimum atomic E-state index is -0.00271. The van der Waals surface area contributed by atoms with Crippen LogP contribution in [-0.2, 0) is 0 Å². The van der Waals surface area contributed by atoms with Crippen LogP contribution >= 0.6 is 0 Å². The van der Waals surface area contributed by atoms with E-state index in [2.05, 4.69) is 25.8 Å². The van der Waals surface area contributed by atoms with Gasteiger partial charge in [-0.1, -0.05) is 0 Å². The fourth-order valence-electron chi connectivity index (χ4n) is 0.617. The molecule has 0 saturated carbocycles. The Kier molecular flexibility index (Phi) is 2.13. The van der Waals surface area contributed by atoms with Crippen LogP contribution in [0, 0.1) is 0 Å². The van der Waals surface area contributed by atoms with E-state index in [9.17, 15) is 0 Å². The summed E-state index contributed by atoms with van der Waals surface area (Å²) in [5, 5.41) is 0. The van der Waals surface area contributed by atoms with Gasteiger partial charge in [-0.25, -0.2) is 0 Å². The highest BCUT2D eigenvalue weighted by Crippen LogP contribution is 2.06. The van der Waals surface area contributed by atoms with Gasteiger partial charge >= 0.3 is 0 Å². The molecule has 0 aliphatic carbocycles. The molecule has 0 unspecified atom stereocenters. The van der Waals surface area contributed by atoms with Crippen LogP contribution in [0.15, 0.2) is 28.0 Å². The van der Waals surface area contributed by atoms with E-state index >= 15 is 0 Å². The van der Waals surface area contributed by atoms with Gasteiger partial charge in [0.15, 0.2) is 0 Å². The van der Waals surface area contributed by atoms with Crippen molar-refractivity contribution in [2.45, 2.75) is 26.3 Å². The lowest BCUT2D eigenvalue weighted by atomic mass is 10.1. The molecule has 0 N–H and O–H groups in total. The predicted octanol–water partition coefficient (Wildman–Crippen LogP) is 2.50. The van der Waals surface area contributed by atoms with Crippen LogP contribution < -0.4 is 0 Å². The monoisotopic (exact) mass is 151 g/mol. The van der Waals surface area contributed by atoms with Crippen molar-refractivity contribution in [2.24, 2.45) is 4.99 Å². The first-order chi connectivity index (χ1) is 5.08. The van der Waals surface area contributed by atoms with Crippen molar-refractivity contribution in [2.75, 3.05) is 0 Å². The van der Waals surface area contributed by atoms with Crippen LogP contribution in [0.5, 0.6) is 0 Å². The topological polar surface area (TPSA) is 25.5 Å². The normalized spacial score (nSPS) is 12.6. The predicted molar refractivity (Wildman–Crippen MR) is 46.1 cm³/mol. The Morgan fingerprint density at radius 1 is 1.45 bits per heavy atom. The van der Waals surface area contributed by atoms with Crippen molar-refractivity contribution in [3.8, 4) is 0 Å². The van der Waals surface area contributed by atoms with Crippen LogP contribution in [0.2, 0.25) is 0 Å². The number of hydrogen-bond donors (Lipinski definition) is 0. The van der Waals surface area contributed by atoms with Crippen molar-refractivity contribution >= 4 is 6.21 Å². The van der Waals surface area contributed by atoms with E-state index in [-0.39, 0.29) is 5.54 Å². The molecule has 0 saturated heterocycles. The largest absolute Gasteiger partial charge is 0.472 e. The van der Waals surface area contributed by atoms with E-state index in [0.717, 1.165) is 5.56 Å². The lowest BCUT2D eigenvalue weighted by Crippen LogP contribution is -2.09. The first-order valence-electron chi connectivity index (χ1n) is 3.65. The zero-order chi connectivity index (χ0) is 8.32. The molecular formula is C9H13NO. The van der Waals surface area contributed by atoms with Gasteiger partial charge in [0.05, 0.1) is 18.1 Å². The minimum Gasteiger partial charge on any atom is -0.472 e. The molecule has 0 aromatic carbocycles. The number of aliphatic imine (C=N–C) groups is 1. The van der Waals surface area contributed by atoms with Crippen molar-refractivity contribution in [3.63, 3.8) is 0 Å². The van der Waals surface area contributed by atoms with E-state index in [4.69, 9.17) is 4.42 Å². The molecule has 1 heterocycles. The van der Waals surface area contributed by atoms with Gasteiger partial charge in [-0.3, -0.25) is 4.99 Å². The number of hydrogen-bond acceptors (Lipinski definition) is 2. The Hall–Kier alpha value is -1.05. The second-order valence-electron chi connectivity index (χ2n) is 3.49. The molecule has 11 heavy (non-hydrogen) atoms. The highest BCUT2D eigenvalue weighted by molar-refractivity contribution is 5.79. The smallest absolute Gasteiger partial charge is 0.0990 e. The van der Waals surface area contributed by atoms with E-state index in [1.165, 1.54) is 0 Å². The van der Waals surface area contributed by atoms with Gasteiger partial charge in [0, 0.05) is 11.8 Å². The fourth-order valence-corrected chi connectivity index (χ4v) is 0.617. The molecule has 1 rings (SSSR count). The molecule has 0 amide bonds. The Balaban J connectivity index is 2.63. The molecule has 0 aliphatic rings. The third-order valence-corrected chi connectivity index (χ3v) is 1.14. The minimum absolute atomic E-state index is 0.00271. The average Bonchev–Trinajstić information content (AvgIpc) is 2.32. The zero-order valence-electron chi connectivity index (χ0n) is 7.16. The van der Waals surface area contributed by atoms with Crippen molar-refractivity contribution in [3.05, 3.63) is 24.2 Å². The van der Waals surface area contributed by atoms with Crippen molar-refractivity contribution in [1.82, 2.24) is 0 Å². The number of nitrogens with zero attached hydrogens (tertiary/aromatic N) is 1. The Labute approximate surface area is 66.9 Å². The molecule has 1 aromatic heterocycles. The summed E-state index contributed by atoms with van der Waals surface area (Å²) in [6.45, 7) is 6.18. The zero-order valence-corrected chi connectivity index (χ0v) is 7.16. The maximum atomic E-state index is 4.89. The number of rotatable bonds is 1. The standard InChI is InChI=1S/C9H13NO/c1-9(2,3)10-6-8-4-5-11-7-8/h4-7H,1-3H3. The quantitative estimate of drug-likeness (QED) is 0.566. The highest BCUT2D eigenvalue weighted by Gasteiger charge is 2.04. The van der Waals surface area contributed by atoms with E-state index in [0.29, 0.717) is 0 Å². The van der Waals surface area contributed by atoms with Gasteiger partial charge in [-0.2, -0.15) is 0 Å². The van der Waals surface area contributed by atoms with Crippen LogP contribution in [0.25, 0.3) is 0 Å². The van der Waals surface area contributed by atoms with Gasteiger partial charge in [0.2, 0.25) is 0 Å². The molecule has 0 spiro atoms. The summed E-state index contributed by atoms with van der Waals surface area (Å²) in [5.41, 5.74) is 1.01. The maximum Gasteiger partial charge on any atom is 0.0990 e. The molecule has 0 bridgehead atoms. The van der Waals surface area contributed by atoms with E-state index < -0.39 is 0 Å². The third-order valence-electron chi connectivity index (χ3n) is 1.14. The summed E-state index contributed by atoms with van der Waals surface area (Å²) < 4.78 is 4.89. The van der Waals surface area contributed by atoms with Crippen molar-refractivity contribution in [1.29, 1.82) is 0 Å². The summed E-state index contributed by atoms with van der Waals surface area (Å²) in [6.07, 6.45) is 5.14. The van der Waals surface area contributed by atoms with Gasteiger partial charge in [-0.15, -0.1) is 0 Å². The summed E-state index contributed by atoms with van der Waals surface area (Å²) in [6, 6.07) is 1.88. The molecule has 0 fully saturated rings. The van der Waals surface area contributed by atoms with Crippen LogP contribution in [0.4, 0.5) is 0 Å². The van der Waals surface area contributed by atoms with E-state index in [1.807, 2.05) is 12.3 Å². The molecule has 0 atom stereocenters. The fraction of sp³-hybridized carbons (Fsp3) is 0.444. The molecular weight excluding hydrogens is 138 g/mol. The number of furan rings is 1. The lowest BCUT2D eigenvalue weighted by Gasteiger charge is -2.09. The van der Waals surface area contributed by atoms with Gasteiger partial charge in [-0.05, 0) is 26.8 Å². The Bertz CT molecular complexity index is 229. The highest BCUT2D eigenvalue weighted by atomic mass is 16.3. The average molecular weight is 151 g/mol. The molecule has 60 valence electrons. The Morgan fingerprint density at radius 2 is 2.18 bits per heavy atom. The third kappa shape index (κ3) is 3.03. The first-order valence-corrected chi connectivity index (χ1v) is 3.65. The summed E-state index contributed by atoms with van der Waals surface area (Å²) in [7, 11) is 0. The molecule has 1 aromatic rings. The van der Waals surface area contributed by atoms with Gasteiger partial charge in [0.25, 0.3) is 0 Å².